The fourth-order valence-corrected chi connectivity index (χ4v) is 4.94. The van der Waals surface area contributed by atoms with Crippen LogP contribution in [-0.2, 0) is 9.47 Å². The van der Waals surface area contributed by atoms with Gasteiger partial charge in [-0.1, -0.05) is 51.4 Å². The molecular weight excluding hydrogens is 324 g/mol. The van der Waals surface area contributed by atoms with Gasteiger partial charge in [-0.2, -0.15) is 0 Å². The molecule has 0 bridgehead atoms. The Bertz CT molecular complexity index is 305. The quantitative estimate of drug-likeness (QED) is 0.499. The Morgan fingerprint density at radius 1 is 0.615 bits per heavy atom. The number of ether oxygens (including phenoxy) is 2. The highest BCUT2D eigenvalue weighted by molar-refractivity contribution is 4.74. The van der Waals surface area contributed by atoms with E-state index in [1.807, 2.05) is 0 Å². The first kappa shape index (κ1) is 22.1. The summed E-state index contributed by atoms with van der Waals surface area (Å²) in [6.45, 7) is 5.44. The molecular formula is C22H44N2O2. The number of rotatable bonds is 12. The molecule has 0 spiro atoms. The summed E-state index contributed by atoms with van der Waals surface area (Å²) in [4.78, 5) is 0. The second-order valence-corrected chi connectivity index (χ2v) is 8.81. The third kappa shape index (κ3) is 8.69. The zero-order chi connectivity index (χ0) is 18.6. The maximum absolute atomic E-state index is 5.90. The zero-order valence-corrected chi connectivity index (χ0v) is 17.2. The molecule has 2 saturated carbocycles. The molecule has 26 heavy (non-hydrogen) atoms. The maximum Gasteiger partial charge on any atom is 0.154 e. The molecule has 0 radical (unpaired) electrons. The normalized spacial score (nSPS) is 31.0. The Kier molecular flexibility index (Phi) is 11.1. The molecule has 4 nitrogen and oxygen atoms in total. The Morgan fingerprint density at radius 2 is 0.923 bits per heavy atom. The summed E-state index contributed by atoms with van der Waals surface area (Å²) in [6, 6.07) is 0. The first-order valence-corrected chi connectivity index (χ1v) is 11.3. The number of hydrogen-bond acceptors (Lipinski definition) is 4. The Hall–Kier alpha value is -0.160. The van der Waals surface area contributed by atoms with Crippen molar-refractivity contribution in [2.75, 3.05) is 26.3 Å². The minimum atomic E-state index is -0.0582. The average Bonchev–Trinajstić information content (AvgIpc) is 2.65. The molecule has 2 rings (SSSR count). The Morgan fingerprint density at radius 3 is 1.23 bits per heavy atom. The van der Waals surface area contributed by atoms with Gasteiger partial charge in [0.25, 0.3) is 0 Å². The van der Waals surface area contributed by atoms with Crippen molar-refractivity contribution in [3.63, 3.8) is 0 Å². The lowest BCUT2D eigenvalue weighted by Crippen LogP contribution is -2.21. The molecule has 0 amide bonds. The molecule has 0 atom stereocenters. The van der Waals surface area contributed by atoms with Crippen LogP contribution >= 0.6 is 0 Å². The predicted octanol–water partition coefficient (Wildman–Crippen LogP) is 4.46. The van der Waals surface area contributed by atoms with E-state index in [1.54, 1.807) is 0 Å². The van der Waals surface area contributed by atoms with Crippen LogP contribution in [-0.4, -0.2) is 32.6 Å². The van der Waals surface area contributed by atoms with E-state index >= 15 is 0 Å². The summed E-state index contributed by atoms with van der Waals surface area (Å²) in [5.41, 5.74) is 11.3. The van der Waals surface area contributed by atoms with Gasteiger partial charge in [-0.25, -0.2) is 0 Å². The van der Waals surface area contributed by atoms with Crippen LogP contribution in [0.4, 0.5) is 0 Å². The van der Waals surface area contributed by atoms with E-state index in [9.17, 15) is 0 Å². The molecule has 0 aromatic heterocycles. The minimum Gasteiger partial charge on any atom is -0.353 e. The van der Waals surface area contributed by atoms with Crippen LogP contribution in [0.5, 0.6) is 0 Å². The van der Waals surface area contributed by atoms with Crippen molar-refractivity contribution in [2.24, 2.45) is 35.1 Å². The van der Waals surface area contributed by atoms with Crippen molar-refractivity contribution in [1.82, 2.24) is 0 Å². The minimum absolute atomic E-state index is 0.0582. The summed E-state index contributed by atoms with van der Waals surface area (Å²) >= 11 is 0. The first-order chi connectivity index (χ1) is 12.7. The van der Waals surface area contributed by atoms with Gasteiger partial charge < -0.3 is 20.9 Å². The van der Waals surface area contributed by atoms with E-state index in [0.29, 0.717) is 0 Å². The summed E-state index contributed by atoms with van der Waals surface area (Å²) < 4.78 is 11.8. The van der Waals surface area contributed by atoms with Gasteiger partial charge >= 0.3 is 0 Å². The highest BCUT2D eigenvalue weighted by atomic mass is 16.7. The maximum atomic E-state index is 5.90. The van der Waals surface area contributed by atoms with E-state index < -0.39 is 0 Å². The second-order valence-electron chi connectivity index (χ2n) is 8.81. The lowest BCUT2D eigenvalue weighted by molar-refractivity contribution is -0.135. The third-order valence-electron chi connectivity index (χ3n) is 6.84. The van der Waals surface area contributed by atoms with Crippen molar-refractivity contribution in [3.05, 3.63) is 0 Å². The molecule has 0 heterocycles. The molecule has 2 fully saturated rings. The van der Waals surface area contributed by atoms with Crippen LogP contribution in [0.1, 0.15) is 84.0 Å². The highest BCUT2D eigenvalue weighted by Gasteiger charge is 2.22. The van der Waals surface area contributed by atoms with Gasteiger partial charge in [0.05, 0.1) is 0 Å². The predicted molar refractivity (Wildman–Crippen MR) is 109 cm³/mol. The molecule has 4 heteroatoms. The van der Waals surface area contributed by atoms with Crippen molar-refractivity contribution in [3.8, 4) is 0 Å². The smallest absolute Gasteiger partial charge is 0.154 e. The first-order valence-electron chi connectivity index (χ1n) is 11.3. The fraction of sp³-hybridized carbons (Fsp3) is 1.00. The monoisotopic (exact) mass is 368 g/mol. The van der Waals surface area contributed by atoms with Gasteiger partial charge in [0, 0.05) is 13.2 Å². The van der Waals surface area contributed by atoms with Gasteiger partial charge in [-0.3, -0.25) is 0 Å². The molecule has 0 saturated heterocycles. The van der Waals surface area contributed by atoms with Crippen molar-refractivity contribution in [1.29, 1.82) is 0 Å². The highest BCUT2D eigenvalue weighted by Crippen LogP contribution is 2.33. The second kappa shape index (κ2) is 13.1. The van der Waals surface area contributed by atoms with Gasteiger partial charge in [-0.15, -0.1) is 0 Å². The van der Waals surface area contributed by atoms with Crippen LogP contribution < -0.4 is 11.5 Å². The molecule has 154 valence electrons. The SMILES string of the molecule is CC(OCCC1CCC(CCN)CC1)OCCC1CCC(CCN)CC1. The molecule has 2 aliphatic carbocycles. The van der Waals surface area contributed by atoms with Crippen LogP contribution in [0, 0.1) is 23.7 Å². The van der Waals surface area contributed by atoms with Crippen molar-refractivity contribution >= 4 is 0 Å². The Balaban J connectivity index is 1.44. The molecule has 0 unspecified atom stereocenters. The van der Waals surface area contributed by atoms with Crippen LogP contribution in [0.15, 0.2) is 0 Å². The lowest BCUT2D eigenvalue weighted by atomic mass is 9.79. The molecule has 0 aromatic rings. The molecule has 4 N–H and O–H groups in total. The Labute approximate surface area is 161 Å². The van der Waals surface area contributed by atoms with Crippen molar-refractivity contribution < 1.29 is 9.47 Å². The number of nitrogens with two attached hydrogens (primary N) is 2. The standard InChI is InChI=1S/C22H44N2O2/c1-18(25-16-12-21-6-2-19(3-7-21)10-14-23)26-17-13-22-8-4-20(5-9-22)11-15-24/h18-22H,2-17,23-24H2,1H3. The van der Waals surface area contributed by atoms with E-state index in [1.165, 1.54) is 77.0 Å². The van der Waals surface area contributed by atoms with Crippen LogP contribution in [0.2, 0.25) is 0 Å². The molecule has 2 aliphatic rings. The van der Waals surface area contributed by atoms with E-state index in [4.69, 9.17) is 20.9 Å². The summed E-state index contributed by atoms with van der Waals surface area (Å²) in [7, 11) is 0. The zero-order valence-electron chi connectivity index (χ0n) is 17.2. The van der Waals surface area contributed by atoms with E-state index in [0.717, 1.165) is 50.0 Å². The topological polar surface area (TPSA) is 70.5 Å². The summed E-state index contributed by atoms with van der Waals surface area (Å²) in [5.74, 6) is 3.45. The van der Waals surface area contributed by atoms with Gasteiger partial charge in [0.2, 0.25) is 0 Å². The van der Waals surface area contributed by atoms with Gasteiger partial charge in [0.1, 0.15) is 0 Å². The van der Waals surface area contributed by atoms with E-state index in [2.05, 4.69) is 6.92 Å². The molecule has 0 aromatic carbocycles. The summed E-state index contributed by atoms with van der Waals surface area (Å²) in [6.07, 6.45) is 15.6. The van der Waals surface area contributed by atoms with Crippen molar-refractivity contribution in [2.45, 2.75) is 90.3 Å². The summed E-state index contributed by atoms with van der Waals surface area (Å²) in [5, 5.41) is 0. The number of hydrogen-bond donors (Lipinski definition) is 2. The third-order valence-corrected chi connectivity index (χ3v) is 6.84. The van der Waals surface area contributed by atoms with Crippen LogP contribution in [0.3, 0.4) is 0 Å². The molecule has 0 aliphatic heterocycles. The van der Waals surface area contributed by atoms with E-state index in [-0.39, 0.29) is 6.29 Å². The lowest BCUT2D eigenvalue weighted by Gasteiger charge is -2.29. The van der Waals surface area contributed by atoms with Crippen LogP contribution in [0.25, 0.3) is 0 Å². The fourth-order valence-electron chi connectivity index (χ4n) is 4.94. The van der Waals surface area contributed by atoms with Gasteiger partial charge in [0.15, 0.2) is 6.29 Å². The van der Waals surface area contributed by atoms with Gasteiger partial charge in [-0.05, 0) is 69.4 Å². The largest absolute Gasteiger partial charge is 0.353 e. The average molecular weight is 369 g/mol.